The number of nitrogens with two attached hydrogens (primary N) is 1. The SMILES string of the molecule is CCCc1ccc(C(O)C2(N)CC2)cc1. The van der Waals surface area contributed by atoms with Crippen molar-refractivity contribution in [2.45, 2.75) is 44.2 Å². The summed E-state index contributed by atoms with van der Waals surface area (Å²) in [6.07, 6.45) is 3.64. The Morgan fingerprint density at radius 3 is 2.40 bits per heavy atom. The standard InChI is InChI=1S/C13H19NO/c1-2-3-10-4-6-11(7-5-10)12(15)13(14)8-9-13/h4-7,12,15H,2-3,8-9,14H2,1H3. The molecule has 2 heteroatoms. The number of aryl methyl sites for hydroxylation is 1. The highest BCUT2D eigenvalue weighted by atomic mass is 16.3. The van der Waals surface area contributed by atoms with Crippen LogP contribution in [0.15, 0.2) is 24.3 Å². The van der Waals surface area contributed by atoms with Gasteiger partial charge in [0.15, 0.2) is 0 Å². The summed E-state index contributed by atoms with van der Waals surface area (Å²) in [5.41, 5.74) is 7.91. The van der Waals surface area contributed by atoms with Gasteiger partial charge < -0.3 is 10.8 Å². The Balaban J connectivity index is 2.09. The van der Waals surface area contributed by atoms with E-state index in [0.717, 1.165) is 31.2 Å². The van der Waals surface area contributed by atoms with E-state index in [-0.39, 0.29) is 5.54 Å². The molecule has 0 aliphatic heterocycles. The third-order valence-electron chi connectivity index (χ3n) is 3.21. The van der Waals surface area contributed by atoms with Crippen LogP contribution in [0.2, 0.25) is 0 Å². The summed E-state index contributed by atoms with van der Waals surface area (Å²) in [4.78, 5) is 0. The predicted octanol–water partition coefficient (Wildman–Crippen LogP) is 2.16. The average molecular weight is 205 g/mol. The van der Waals surface area contributed by atoms with Crippen LogP contribution >= 0.6 is 0 Å². The van der Waals surface area contributed by atoms with Gasteiger partial charge in [0.25, 0.3) is 0 Å². The Morgan fingerprint density at radius 1 is 1.33 bits per heavy atom. The van der Waals surface area contributed by atoms with Gasteiger partial charge in [-0.2, -0.15) is 0 Å². The molecule has 1 fully saturated rings. The molecule has 82 valence electrons. The Bertz CT molecular complexity index is 327. The van der Waals surface area contributed by atoms with Crippen molar-refractivity contribution >= 4 is 0 Å². The highest BCUT2D eigenvalue weighted by Gasteiger charge is 2.45. The first kappa shape index (κ1) is 10.7. The van der Waals surface area contributed by atoms with Crippen molar-refractivity contribution in [3.05, 3.63) is 35.4 Å². The smallest absolute Gasteiger partial charge is 0.0969 e. The normalized spacial score (nSPS) is 19.9. The molecule has 1 aliphatic carbocycles. The van der Waals surface area contributed by atoms with E-state index in [1.165, 1.54) is 5.56 Å². The van der Waals surface area contributed by atoms with Crippen molar-refractivity contribution in [1.29, 1.82) is 0 Å². The fourth-order valence-corrected chi connectivity index (χ4v) is 1.90. The third kappa shape index (κ3) is 2.21. The Morgan fingerprint density at radius 2 is 1.93 bits per heavy atom. The Hall–Kier alpha value is -0.860. The molecule has 1 aromatic rings. The highest BCUT2D eigenvalue weighted by molar-refractivity contribution is 5.28. The molecule has 3 N–H and O–H groups in total. The number of hydrogen-bond acceptors (Lipinski definition) is 2. The lowest BCUT2D eigenvalue weighted by atomic mass is 9.99. The topological polar surface area (TPSA) is 46.2 Å². The molecular formula is C13H19NO. The predicted molar refractivity (Wildman–Crippen MR) is 61.5 cm³/mol. The zero-order valence-corrected chi connectivity index (χ0v) is 9.24. The van der Waals surface area contributed by atoms with E-state index in [4.69, 9.17) is 5.73 Å². The van der Waals surface area contributed by atoms with Gasteiger partial charge in [0, 0.05) is 5.54 Å². The molecule has 1 unspecified atom stereocenters. The zero-order valence-electron chi connectivity index (χ0n) is 9.24. The van der Waals surface area contributed by atoms with Crippen molar-refractivity contribution < 1.29 is 5.11 Å². The van der Waals surface area contributed by atoms with E-state index >= 15 is 0 Å². The van der Waals surface area contributed by atoms with Crippen molar-refractivity contribution in [3.63, 3.8) is 0 Å². The zero-order chi connectivity index (χ0) is 10.9. The van der Waals surface area contributed by atoms with E-state index in [1.807, 2.05) is 12.1 Å². The minimum Gasteiger partial charge on any atom is -0.386 e. The fraction of sp³-hybridized carbons (Fsp3) is 0.538. The summed E-state index contributed by atoms with van der Waals surface area (Å²) in [7, 11) is 0. The molecule has 2 rings (SSSR count). The van der Waals surface area contributed by atoms with E-state index in [1.54, 1.807) is 0 Å². The third-order valence-corrected chi connectivity index (χ3v) is 3.21. The lowest BCUT2D eigenvalue weighted by Crippen LogP contribution is -2.30. The number of benzene rings is 1. The highest BCUT2D eigenvalue weighted by Crippen LogP contribution is 2.43. The van der Waals surface area contributed by atoms with Crippen LogP contribution in [0, 0.1) is 0 Å². The lowest BCUT2D eigenvalue weighted by Gasteiger charge is -2.18. The molecule has 0 saturated heterocycles. The van der Waals surface area contributed by atoms with Gasteiger partial charge in [0.05, 0.1) is 6.10 Å². The second-order valence-corrected chi connectivity index (χ2v) is 4.63. The van der Waals surface area contributed by atoms with Gasteiger partial charge in [0.1, 0.15) is 0 Å². The fourth-order valence-electron chi connectivity index (χ4n) is 1.90. The van der Waals surface area contributed by atoms with Gasteiger partial charge in [-0.1, -0.05) is 37.6 Å². The van der Waals surface area contributed by atoms with Crippen LogP contribution in [-0.2, 0) is 6.42 Å². The van der Waals surface area contributed by atoms with Gasteiger partial charge in [-0.3, -0.25) is 0 Å². The molecule has 0 bridgehead atoms. The number of rotatable bonds is 4. The second-order valence-electron chi connectivity index (χ2n) is 4.63. The van der Waals surface area contributed by atoms with E-state index in [0.29, 0.717) is 0 Å². The molecule has 15 heavy (non-hydrogen) atoms. The van der Waals surface area contributed by atoms with Crippen LogP contribution in [-0.4, -0.2) is 10.6 Å². The minimum atomic E-state index is -0.492. The molecule has 0 radical (unpaired) electrons. The Kier molecular flexibility index (Phi) is 2.81. The quantitative estimate of drug-likeness (QED) is 0.791. The lowest BCUT2D eigenvalue weighted by molar-refractivity contribution is 0.136. The summed E-state index contributed by atoms with van der Waals surface area (Å²) < 4.78 is 0. The van der Waals surface area contributed by atoms with Crippen molar-refractivity contribution in [2.24, 2.45) is 5.73 Å². The molecule has 0 aromatic heterocycles. The maximum absolute atomic E-state index is 10.0. The van der Waals surface area contributed by atoms with Crippen LogP contribution in [0.1, 0.15) is 43.4 Å². The van der Waals surface area contributed by atoms with E-state index in [2.05, 4.69) is 19.1 Å². The second kappa shape index (κ2) is 3.95. The first-order chi connectivity index (χ1) is 7.15. The first-order valence-electron chi connectivity index (χ1n) is 5.71. The van der Waals surface area contributed by atoms with Crippen LogP contribution in [0.25, 0.3) is 0 Å². The Labute approximate surface area is 91.1 Å². The maximum atomic E-state index is 10.0. The summed E-state index contributed by atoms with van der Waals surface area (Å²) in [5.74, 6) is 0. The van der Waals surface area contributed by atoms with Crippen LogP contribution in [0.3, 0.4) is 0 Å². The average Bonchev–Trinajstić information content (AvgIpc) is 2.99. The summed E-state index contributed by atoms with van der Waals surface area (Å²) in [5, 5.41) is 10.0. The monoisotopic (exact) mass is 205 g/mol. The van der Waals surface area contributed by atoms with Crippen LogP contribution in [0.5, 0.6) is 0 Å². The largest absolute Gasteiger partial charge is 0.386 e. The molecule has 1 atom stereocenters. The van der Waals surface area contributed by atoms with Gasteiger partial charge in [-0.25, -0.2) is 0 Å². The van der Waals surface area contributed by atoms with Crippen LogP contribution in [0.4, 0.5) is 0 Å². The molecule has 1 aromatic carbocycles. The first-order valence-corrected chi connectivity index (χ1v) is 5.71. The van der Waals surface area contributed by atoms with Crippen molar-refractivity contribution in [3.8, 4) is 0 Å². The van der Waals surface area contributed by atoms with E-state index < -0.39 is 6.10 Å². The minimum absolute atomic E-state index is 0.341. The molecule has 0 heterocycles. The molecule has 0 spiro atoms. The number of hydrogen-bond donors (Lipinski definition) is 2. The molecule has 2 nitrogen and oxygen atoms in total. The van der Waals surface area contributed by atoms with Gasteiger partial charge in [-0.15, -0.1) is 0 Å². The maximum Gasteiger partial charge on any atom is 0.0969 e. The van der Waals surface area contributed by atoms with Gasteiger partial charge in [0.2, 0.25) is 0 Å². The van der Waals surface area contributed by atoms with Crippen LogP contribution < -0.4 is 5.73 Å². The summed E-state index contributed by atoms with van der Waals surface area (Å²) in [6, 6.07) is 8.19. The van der Waals surface area contributed by atoms with E-state index in [9.17, 15) is 5.11 Å². The molecule has 1 saturated carbocycles. The van der Waals surface area contributed by atoms with Crippen molar-refractivity contribution in [1.82, 2.24) is 0 Å². The van der Waals surface area contributed by atoms with Crippen molar-refractivity contribution in [2.75, 3.05) is 0 Å². The number of aliphatic hydroxyl groups is 1. The molecule has 0 amide bonds. The number of aliphatic hydroxyl groups excluding tert-OH is 1. The summed E-state index contributed by atoms with van der Waals surface area (Å²) >= 11 is 0. The van der Waals surface area contributed by atoms with Gasteiger partial charge in [-0.05, 0) is 30.4 Å². The molecular weight excluding hydrogens is 186 g/mol. The molecule has 1 aliphatic rings. The van der Waals surface area contributed by atoms with Gasteiger partial charge >= 0.3 is 0 Å². The summed E-state index contributed by atoms with van der Waals surface area (Å²) in [6.45, 7) is 2.17.